The number of benzene rings is 1. The maximum Gasteiger partial charge on any atom is 0.229 e. The summed E-state index contributed by atoms with van der Waals surface area (Å²) in [5, 5.41) is 7.07. The zero-order valence-corrected chi connectivity index (χ0v) is 11.8. The normalized spacial score (nSPS) is 12.2. The zero-order chi connectivity index (χ0) is 14.5. The van der Waals surface area contributed by atoms with Crippen molar-refractivity contribution in [3.05, 3.63) is 30.6 Å². The van der Waals surface area contributed by atoms with Gasteiger partial charge in [-0.25, -0.2) is 4.98 Å². The molecule has 2 aromatic rings. The van der Waals surface area contributed by atoms with E-state index in [2.05, 4.69) is 15.4 Å². The molecular formula is C14H18N4O2. The van der Waals surface area contributed by atoms with Crippen molar-refractivity contribution in [2.24, 2.45) is 13.0 Å². The molecule has 0 spiro atoms. The summed E-state index contributed by atoms with van der Waals surface area (Å²) in [6.45, 7) is 2.23. The molecule has 1 N–H and O–H groups in total. The van der Waals surface area contributed by atoms with Gasteiger partial charge in [0, 0.05) is 25.4 Å². The molecule has 20 heavy (non-hydrogen) atoms. The van der Waals surface area contributed by atoms with Crippen LogP contribution >= 0.6 is 0 Å². The van der Waals surface area contributed by atoms with Gasteiger partial charge in [0.25, 0.3) is 0 Å². The Morgan fingerprint density at radius 1 is 1.40 bits per heavy atom. The van der Waals surface area contributed by atoms with E-state index in [9.17, 15) is 4.79 Å². The third-order valence-corrected chi connectivity index (χ3v) is 2.87. The van der Waals surface area contributed by atoms with Gasteiger partial charge in [0.15, 0.2) is 5.82 Å². The molecule has 2 rings (SSSR count). The summed E-state index contributed by atoms with van der Waals surface area (Å²) < 4.78 is 6.61. The number of hydrogen-bond acceptors (Lipinski definition) is 4. The van der Waals surface area contributed by atoms with Gasteiger partial charge in [-0.05, 0) is 24.3 Å². The molecule has 1 amide bonds. The minimum atomic E-state index is -0.183. The van der Waals surface area contributed by atoms with Gasteiger partial charge in [-0.15, -0.1) is 0 Å². The Labute approximate surface area is 117 Å². The summed E-state index contributed by atoms with van der Waals surface area (Å²) >= 11 is 0. The van der Waals surface area contributed by atoms with Crippen molar-refractivity contribution in [1.29, 1.82) is 0 Å². The molecule has 1 unspecified atom stereocenters. The van der Waals surface area contributed by atoms with Crippen LogP contribution in [0.15, 0.2) is 30.6 Å². The van der Waals surface area contributed by atoms with Crippen LogP contribution in [-0.2, 0) is 16.6 Å². The van der Waals surface area contributed by atoms with Crippen LogP contribution in [0.4, 0.5) is 5.69 Å². The van der Waals surface area contributed by atoms with Crippen molar-refractivity contribution in [3.8, 4) is 11.4 Å². The van der Waals surface area contributed by atoms with Gasteiger partial charge in [-0.3, -0.25) is 9.48 Å². The molecule has 0 saturated heterocycles. The second-order valence-corrected chi connectivity index (χ2v) is 4.66. The highest BCUT2D eigenvalue weighted by atomic mass is 16.5. The Morgan fingerprint density at radius 2 is 2.10 bits per heavy atom. The molecule has 0 aliphatic heterocycles. The number of amides is 1. The first-order valence-corrected chi connectivity index (χ1v) is 6.36. The van der Waals surface area contributed by atoms with Crippen molar-refractivity contribution in [1.82, 2.24) is 14.8 Å². The third kappa shape index (κ3) is 3.42. The zero-order valence-electron chi connectivity index (χ0n) is 11.8. The van der Waals surface area contributed by atoms with Gasteiger partial charge in [-0.2, -0.15) is 5.10 Å². The fourth-order valence-electron chi connectivity index (χ4n) is 1.77. The van der Waals surface area contributed by atoms with Crippen LogP contribution in [0.3, 0.4) is 0 Å². The predicted octanol–water partition coefficient (Wildman–Crippen LogP) is 1.70. The van der Waals surface area contributed by atoms with Crippen molar-refractivity contribution < 1.29 is 9.53 Å². The van der Waals surface area contributed by atoms with E-state index in [0.717, 1.165) is 11.3 Å². The van der Waals surface area contributed by atoms with Gasteiger partial charge >= 0.3 is 0 Å². The summed E-state index contributed by atoms with van der Waals surface area (Å²) in [4.78, 5) is 16.0. The largest absolute Gasteiger partial charge is 0.384 e. The molecule has 1 aromatic carbocycles. The molecule has 0 aliphatic carbocycles. The first kappa shape index (κ1) is 14.2. The molecular weight excluding hydrogens is 256 g/mol. The lowest BCUT2D eigenvalue weighted by Crippen LogP contribution is -2.23. The lowest BCUT2D eigenvalue weighted by molar-refractivity contribution is -0.120. The van der Waals surface area contributed by atoms with Crippen molar-refractivity contribution in [2.75, 3.05) is 19.0 Å². The van der Waals surface area contributed by atoms with Gasteiger partial charge in [0.05, 0.1) is 12.5 Å². The average molecular weight is 274 g/mol. The highest BCUT2D eigenvalue weighted by Gasteiger charge is 2.12. The van der Waals surface area contributed by atoms with E-state index in [1.807, 2.05) is 38.2 Å². The summed E-state index contributed by atoms with van der Waals surface area (Å²) in [5.41, 5.74) is 1.66. The Hall–Kier alpha value is -2.21. The molecule has 1 atom stereocenters. The monoisotopic (exact) mass is 274 g/mol. The lowest BCUT2D eigenvalue weighted by atomic mass is 10.1. The topological polar surface area (TPSA) is 69.0 Å². The van der Waals surface area contributed by atoms with Crippen molar-refractivity contribution >= 4 is 11.6 Å². The standard InChI is InChI=1S/C14H18N4O2/c1-10(8-20-3)14(19)16-12-6-4-11(5-7-12)13-15-9-18(2)17-13/h4-7,9-10H,8H2,1-3H3,(H,16,19). The number of aromatic nitrogens is 3. The van der Waals surface area contributed by atoms with Crippen molar-refractivity contribution in [2.45, 2.75) is 6.92 Å². The molecule has 106 valence electrons. The Kier molecular flexibility index (Phi) is 4.47. The molecule has 1 heterocycles. The Morgan fingerprint density at radius 3 is 2.65 bits per heavy atom. The van der Waals surface area contributed by atoms with Crippen LogP contribution in [0.2, 0.25) is 0 Å². The van der Waals surface area contributed by atoms with Crippen LogP contribution in [0.1, 0.15) is 6.92 Å². The molecule has 0 bridgehead atoms. The number of aryl methyl sites for hydroxylation is 1. The average Bonchev–Trinajstić information content (AvgIpc) is 2.86. The molecule has 6 nitrogen and oxygen atoms in total. The Bertz CT molecular complexity index is 577. The second-order valence-electron chi connectivity index (χ2n) is 4.66. The molecule has 0 fully saturated rings. The van der Waals surface area contributed by atoms with Crippen LogP contribution in [0.5, 0.6) is 0 Å². The lowest BCUT2D eigenvalue weighted by Gasteiger charge is -2.11. The highest BCUT2D eigenvalue weighted by molar-refractivity contribution is 5.92. The van der Waals surface area contributed by atoms with E-state index in [4.69, 9.17) is 4.74 Å². The first-order chi connectivity index (χ1) is 9.60. The summed E-state index contributed by atoms with van der Waals surface area (Å²) in [7, 11) is 3.40. The maximum atomic E-state index is 11.8. The van der Waals surface area contributed by atoms with Crippen LogP contribution in [0, 0.1) is 5.92 Å². The van der Waals surface area contributed by atoms with E-state index in [1.54, 1.807) is 18.1 Å². The number of anilines is 1. The van der Waals surface area contributed by atoms with Gasteiger partial charge in [0.1, 0.15) is 6.33 Å². The predicted molar refractivity (Wildman–Crippen MR) is 76.1 cm³/mol. The van der Waals surface area contributed by atoms with E-state index in [0.29, 0.717) is 12.4 Å². The number of nitrogens with one attached hydrogen (secondary N) is 1. The fourth-order valence-corrected chi connectivity index (χ4v) is 1.77. The summed E-state index contributed by atoms with van der Waals surface area (Å²) in [6, 6.07) is 7.43. The first-order valence-electron chi connectivity index (χ1n) is 6.36. The smallest absolute Gasteiger partial charge is 0.229 e. The van der Waals surface area contributed by atoms with Crippen LogP contribution < -0.4 is 5.32 Å². The molecule has 0 saturated carbocycles. The SMILES string of the molecule is COCC(C)C(=O)Nc1ccc(-c2ncn(C)n2)cc1. The van der Waals surface area contributed by atoms with Gasteiger partial charge < -0.3 is 10.1 Å². The molecule has 0 aliphatic rings. The minimum absolute atomic E-state index is 0.0597. The van der Waals surface area contributed by atoms with Crippen LogP contribution in [-0.4, -0.2) is 34.4 Å². The Balaban J connectivity index is 2.03. The number of ether oxygens (including phenoxy) is 1. The highest BCUT2D eigenvalue weighted by Crippen LogP contribution is 2.18. The van der Waals surface area contributed by atoms with E-state index >= 15 is 0 Å². The molecule has 1 aromatic heterocycles. The number of methoxy groups -OCH3 is 1. The van der Waals surface area contributed by atoms with Crippen LogP contribution in [0.25, 0.3) is 11.4 Å². The number of hydrogen-bond donors (Lipinski definition) is 1. The van der Waals surface area contributed by atoms with E-state index in [1.165, 1.54) is 0 Å². The minimum Gasteiger partial charge on any atom is -0.384 e. The number of rotatable bonds is 5. The number of nitrogens with zero attached hydrogens (tertiary/aromatic N) is 3. The van der Waals surface area contributed by atoms with Crippen molar-refractivity contribution in [3.63, 3.8) is 0 Å². The van der Waals surface area contributed by atoms with Gasteiger partial charge in [-0.1, -0.05) is 6.92 Å². The number of carbonyl (C=O) groups excluding carboxylic acids is 1. The van der Waals surface area contributed by atoms with E-state index < -0.39 is 0 Å². The fraction of sp³-hybridized carbons (Fsp3) is 0.357. The number of carbonyl (C=O) groups is 1. The third-order valence-electron chi connectivity index (χ3n) is 2.87. The maximum absolute atomic E-state index is 11.8. The molecule has 0 radical (unpaired) electrons. The second kappa shape index (κ2) is 6.29. The quantitative estimate of drug-likeness (QED) is 0.901. The van der Waals surface area contributed by atoms with Gasteiger partial charge in [0.2, 0.25) is 5.91 Å². The van der Waals surface area contributed by atoms with E-state index in [-0.39, 0.29) is 11.8 Å². The summed E-state index contributed by atoms with van der Waals surface area (Å²) in [5.74, 6) is 0.422. The summed E-state index contributed by atoms with van der Waals surface area (Å²) in [6.07, 6.45) is 1.65. The molecule has 6 heteroatoms.